The minimum absolute atomic E-state index is 0.244. The molecule has 0 heterocycles. The standard InChI is InChI=1S/C21H20O5/c1-13(2)20(23)25-11-14(22)12-26-21(24)19-17-9-5-3-7-15(17)16-8-4-6-10-18(16)19/h3-10,14,19,22H,1,11-12H2,2H3. The van der Waals surface area contributed by atoms with Gasteiger partial charge >= 0.3 is 11.9 Å². The van der Waals surface area contributed by atoms with Crippen molar-refractivity contribution in [2.75, 3.05) is 13.2 Å². The van der Waals surface area contributed by atoms with Crippen LogP contribution in [0.4, 0.5) is 0 Å². The van der Waals surface area contributed by atoms with Crippen molar-refractivity contribution in [3.63, 3.8) is 0 Å². The van der Waals surface area contributed by atoms with Crippen LogP contribution in [0.15, 0.2) is 60.7 Å². The Labute approximate surface area is 151 Å². The van der Waals surface area contributed by atoms with E-state index in [1.54, 1.807) is 0 Å². The van der Waals surface area contributed by atoms with Crippen LogP contribution in [0, 0.1) is 0 Å². The fraction of sp³-hybridized carbons (Fsp3) is 0.238. The third-order valence-electron chi connectivity index (χ3n) is 4.24. The summed E-state index contributed by atoms with van der Waals surface area (Å²) >= 11 is 0. The maximum absolute atomic E-state index is 12.7. The van der Waals surface area contributed by atoms with E-state index < -0.39 is 24.0 Å². The van der Waals surface area contributed by atoms with Gasteiger partial charge in [-0.25, -0.2) is 4.79 Å². The smallest absolute Gasteiger partial charge is 0.333 e. The molecule has 1 aliphatic carbocycles. The molecule has 0 radical (unpaired) electrons. The van der Waals surface area contributed by atoms with E-state index >= 15 is 0 Å². The molecule has 2 aromatic rings. The van der Waals surface area contributed by atoms with Gasteiger partial charge in [-0.05, 0) is 29.2 Å². The van der Waals surface area contributed by atoms with Crippen molar-refractivity contribution in [2.45, 2.75) is 18.9 Å². The van der Waals surface area contributed by atoms with E-state index in [1.165, 1.54) is 6.92 Å². The number of esters is 2. The van der Waals surface area contributed by atoms with Gasteiger partial charge in [0, 0.05) is 5.57 Å². The van der Waals surface area contributed by atoms with Crippen LogP contribution in [0.1, 0.15) is 24.0 Å². The van der Waals surface area contributed by atoms with Gasteiger partial charge in [-0.3, -0.25) is 4.79 Å². The van der Waals surface area contributed by atoms with Crippen molar-refractivity contribution in [3.8, 4) is 11.1 Å². The van der Waals surface area contributed by atoms with Gasteiger partial charge in [0.25, 0.3) is 0 Å². The van der Waals surface area contributed by atoms with Gasteiger partial charge in [-0.15, -0.1) is 0 Å². The average Bonchev–Trinajstić information content (AvgIpc) is 2.98. The van der Waals surface area contributed by atoms with Crippen LogP contribution in [0.5, 0.6) is 0 Å². The van der Waals surface area contributed by atoms with E-state index in [1.807, 2.05) is 48.5 Å². The molecule has 5 nitrogen and oxygen atoms in total. The topological polar surface area (TPSA) is 72.8 Å². The van der Waals surface area contributed by atoms with Gasteiger partial charge in [0.2, 0.25) is 0 Å². The summed E-state index contributed by atoms with van der Waals surface area (Å²) in [7, 11) is 0. The van der Waals surface area contributed by atoms with Crippen LogP contribution in [0.3, 0.4) is 0 Å². The number of carbonyl (C=O) groups is 2. The lowest BCUT2D eigenvalue weighted by atomic mass is 9.97. The molecule has 1 N–H and O–H groups in total. The quantitative estimate of drug-likeness (QED) is 0.639. The Hall–Kier alpha value is -2.92. The molecule has 1 atom stereocenters. The summed E-state index contributed by atoms with van der Waals surface area (Å²) in [6.07, 6.45) is -1.09. The first-order valence-corrected chi connectivity index (χ1v) is 8.34. The van der Waals surface area contributed by atoms with E-state index in [0.29, 0.717) is 0 Å². The van der Waals surface area contributed by atoms with Crippen molar-refractivity contribution in [3.05, 3.63) is 71.8 Å². The number of aliphatic hydroxyl groups excluding tert-OH is 1. The van der Waals surface area contributed by atoms with Crippen LogP contribution in [0.2, 0.25) is 0 Å². The fourth-order valence-corrected chi connectivity index (χ4v) is 3.01. The van der Waals surface area contributed by atoms with E-state index in [0.717, 1.165) is 22.3 Å². The largest absolute Gasteiger partial charge is 0.462 e. The molecule has 5 heteroatoms. The third kappa shape index (κ3) is 3.53. The summed E-state index contributed by atoms with van der Waals surface area (Å²) in [5.74, 6) is -1.55. The summed E-state index contributed by atoms with van der Waals surface area (Å²) < 4.78 is 10.1. The van der Waals surface area contributed by atoms with Gasteiger partial charge in [0.05, 0.1) is 0 Å². The maximum Gasteiger partial charge on any atom is 0.333 e. The second-order valence-corrected chi connectivity index (χ2v) is 6.27. The molecular weight excluding hydrogens is 332 g/mol. The molecule has 0 saturated carbocycles. The number of hydrogen-bond acceptors (Lipinski definition) is 5. The van der Waals surface area contributed by atoms with Crippen LogP contribution >= 0.6 is 0 Å². The Bertz CT molecular complexity index is 809. The van der Waals surface area contributed by atoms with Crippen molar-refractivity contribution in [1.82, 2.24) is 0 Å². The second kappa shape index (κ2) is 7.54. The number of hydrogen-bond donors (Lipinski definition) is 1. The number of fused-ring (bicyclic) bond motifs is 3. The van der Waals surface area contributed by atoms with Crippen LogP contribution < -0.4 is 0 Å². The maximum atomic E-state index is 12.7. The molecule has 0 spiro atoms. The molecular formula is C21H20O5. The van der Waals surface area contributed by atoms with E-state index in [4.69, 9.17) is 9.47 Å². The Morgan fingerprint density at radius 2 is 1.50 bits per heavy atom. The van der Waals surface area contributed by atoms with Crippen molar-refractivity contribution in [1.29, 1.82) is 0 Å². The molecule has 134 valence electrons. The van der Waals surface area contributed by atoms with Crippen LogP contribution in [-0.2, 0) is 19.1 Å². The average molecular weight is 352 g/mol. The summed E-state index contributed by atoms with van der Waals surface area (Å²) in [5.41, 5.74) is 4.05. The van der Waals surface area contributed by atoms with Gasteiger partial charge < -0.3 is 14.6 Å². The summed E-state index contributed by atoms with van der Waals surface area (Å²) in [6.45, 7) is 4.48. The minimum Gasteiger partial charge on any atom is -0.462 e. The van der Waals surface area contributed by atoms with E-state index in [9.17, 15) is 14.7 Å². The minimum atomic E-state index is -1.09. The van der Waals surface area contributed by atoms with Crippen LogP contribution in [-0.4, -0.2) is 36.4 Å². The van der Waals surface area contributed by atoms with E-state index in [-0.39, 0.29) is 18.8 Å². The molecule has 0 aromatic heterocycles. The summed E-state index contributed by atoms with van der Waals surface area (Å²) in [6, 6.07) is 15.4. The molecule has 0 amide bonds. The monoisotopic (exact) mass is 352 g/mol. The Balaban J connectivity index is 1.67. The first-order valence-electron chi connectivity index (χ1n) is 8.34. The highest BCUT2D eigenvalue weighted by atomic mass is 16.6. The van der Waals surface area contributed by atoms with Gasteiger partial charge in [0.1, 0.15) is 25.2 Å². The number of benzene rings is 2. The molecule has 3 rings (SSSR count). The Kier molecular flexibility index (Phi) is 5.19. The first kappa shape index (κ1) is 17.9. The molecule has 0 aliphatic heterocycles. The summed E-state index contributed by atoms with van der Waals surface area (Å²) in [5, 5.41) is 9.88. The van der Waals surface area contributed by atoms with Crippen molar-refractivity contribution in [2.24, 2.45) is 0 Å². The first-order chi connectivity index (χ1) is 12.5. The normalized spacial score (nSPS) is 13.5. The SMILES string of the molecule is C=C(C)C(=O)OCC(O)COC(=O)C1c2ccccc2-c2ccccc21. The molecule has 1 aliphatic rings. The summed E-state index contributed by atoms with van der Waals surface area (Å²) in [4.78, 5) is 24.0. The Morgan fingerprint density at radius 3 is 2.04 bits per heavy atom. The molecule has 2 aromatic carbocycles. The van der Waals surface area contributed by atoms with Crippen molar-refractivity contribution < 1.29 is 24.2 Å². The lowest BCUT2D eigenvalue weighted by Gasteiger charge is -2.16. The molecule has 1 unspecified atom stereocenters. The number of aliphatic hydroxyl groups is 1. The van der Waals surface area contributed by atoms with Crippen molar-refractivity contribution >= 4 is 11.9 Å². The highest BCUT2D eigenvalue weighted by molar-refractivity contribution is 5.93. The number of rotatable bonds is 6. The second-order valence-electron chi connectivity index (χ2n) is 6.27. The molecule has 0 bridgehead atoms. The predicted molar refractivity (Wildman–Crippen MR) is 96.5 cm³/mol. The highest BCUT2D eigenvalue weighted by Gasteiger charge is 2.34. The lowest BCUT2D eigenvalue weighted by molar-refractivity contribution is -0.150. The molecule has 0 saturated heterocycles. The molecule has 0 fully saturated rings. The van der Waals surface area contributed by atoms with E-state index in [2.05, 4.69) is 6.58 Å². The van der Waals surface area contributed by atoms with Gasteiger partial charge in [-0.2, -0.15) is 0 Å². The Morgan fingerprint density at radius 1 is 1.00 bits per heavy atom. The predicted octanol–water partition coefficient (Wildman–Crippen LogP) is 2.82. The zero-order chi connectivity index (χ0) is 18.7. The number of carbonyl (C=O) groups excluding carboxylic acids is 2. The fourth-order valence-electron chi connectivity index (χ4n) is 3.01. The van der Waals surface area contributed by atoms with Gasteiger partial charge in [-0.1, -0.05) is 55.1 Å². The van der Waals surface area contributed by atoms with Crippen LogP contribution in [0.25, 0.3) is 11.1 Å². The molecule has 26 heavy (non-hydrogen) atoms. The third-order valence-corrected chi connectivity index (χ3v) is 4.24. The number of ether oxygens (including phenoxy) is 2. The highest BCUT2D eigenvalue weighted by Crippen LogP contribution is 2.44. The zero-order valence-electron chi connectivity index (χ0n) is 14.5. The lowest BCUT2D eigenvalue weighted by Crippen LogP contribution is -2.27. The zero-order valence-corrected chi connectivity index (χ0v) is 14.5. The van der Waals surface area contributed by atoms with Gasteiger partial charge in [0.15, 0.2) is 0 Å².